The maximum atomic E-state index is 12.7. The maximum Gasteiger partial charge on any atom is 0.254 e. The molecule has 3 aliphatic rings. The molecule has 1 aromatic rings. The number of fused-ring (bicyclic) bond motifs is 1. The van der Waals surface area contributed by atoms with Crippen LogP contribution in [0.4, 0.5) is 0 Å². The molecule has 6 nitrogen and oxygen atoms in total. The van der Waals surface area contributed by atoms with Crippen LogP contribution in [0.15, 0.2) is 12.1 Å². The lowest BCUT2D eigenvalue weighted by molar-refractivity contribution is -0.0956. The molecule has 2 saturated heterocycles. The van der Waals surface area contributed by atoms with Crippen LogP contribution in [0.5, 0.6) is 11.5 Å². The van der Waals surface area contributed by atoms with Crippen LogP contribution in [0, 0.1) is 5.92 Å². The first kappa shape index (κ1) is 15.1. The molecule has 0 spiro atoms. The fraction of sp³-hybridized carbons (Fsp3) is 0.562. The average Bonchev–Trinajstić information content (AvgIpc) is 3.26. The maximum absolute atomic E-state index is 12.7. The number of hydrogen-bond donors (Lipinski definition) is 0. The molecular formula is C16H18ClNO5. The zero-order valence-electron chi connectivity index (χ0n) is 12.6. The number of rotatable bonds is 2. The molecule has 0 aliphatic carbocycles. The number of carbonyl (C=O) groups excluding carboxylic acids is 1. The molecule has 124 valence electrons. The lowest BCUT2D eigenvalue weighted by atomic mass is 9.95. The number of likely N-dealkylation sites (tertiary alicyclic amines) is 1. The summed E-state index contributed by atoms with van der Waals surface area (Å²) < 4.78 is 21.7. The van der Waals surface area contributed by atoms with Gasteiger partial charge in [-0.05, 0) is 25.0 Å². The van der Waals surface area contributed by atoms with E-state index < -0.39 is 0 Å². The van der Waals surface area contributed by atoms with Crippen LogP contribution in [0.3, 0.4) is 0 Å². The highest BCUT2D eigenvalue weighted by Crippen LogP contribution is 2.40. The highest BCUT2D eigenvalue weighted by molar-refractivity contribution is 6.32. The third kappa shape index (κ3) is 2.86. The van der Waals surface area contributed by atoms with Gasteiger partial charge in [0.25, 0.3) is 5.91 Å². The molecule has 1 amide bonds. The molecule has 0 radical (unpaired) electrons. The number of piperidine rings is 1. The normalized spacial score (nSPS) is 21.9. The Bertz CT molecular complexity index is 609. The first-order valence-corrected chi connectivity index (χ1v) is 8.22. The van der Waals surface area contributed by atoms with Crippen LogP contribution >= 0.6 is 11.6 Å². The summed E-state index contributed by atoms with van der Waals surface area (Å²) in [6.07, 6.45) is 1.66. The van der Waals surface area contributed by atoms with Gasteiger partial charge in [-0.2, -0.15) is 0 Å². The summed E-state index contributed by atoms with van der Waals surface area (Å²) in [6, 6.07) is 3.35. The molecule has 0 N–H and O–H groups in total. The van der Waals surface area contributed by atoms with Gasteiger partial charge in [-0.25, -0.2) is 0 Å². The molecule has 3 heterocycles. The quantitative estimate of drug-likeness (QED) is 0.827. The highest BCUT2D eigenvalue weighted by Gasteiger charge is 2.32. The molecule has 0 unspecified atom stereocenters. The van der Waals surface area contributed by atoms with Crippen LogP contribution < -0.4 is 9.47 Å². The van der Waals surface area contributed by atoms with Crippen molar-refractivity contribution in [3.63, 3.8) is 0 Å². The van der Waals surface area contributed by atoms with E-state index in [1.165, 1.54) is 0 Å². The zero-order chi connectivity index (χ0) is 15.8. The fourth-order valence-electron chi connectivity index (χ4n) is 3.30. The van der Waals surface area contributed by atoms with E-state index in [0.29, 0.717) is 54.3 Å². The van der Waals surface area contributed by atoms with Gasteiger partial charge in [0.05, 0.1) is 18.2 Å². The Labute approximate surface area is 139 Å². The minimum atomic E-state index is -0.104. The minimum absolute atomic E-state index is 0.0306. The van der Waals surface area contributed by atoms with Crippen molar-refractivity contribution in [1.29, 1.82) is 0 Å². The fourth-order valence-corrected chi connectivity index (χ4v) is 3.56. The second-order valence-electron chi connectivity index (χ2n) is 5.93. The number of carbonyl (C=O) groups is 1. The Morgan fingerprint density at radius 2 is 1.87 bits per heavy atom. The van der Waals surface area contributed by atoms with Crippen molar-refractivity contribution >= 4 is 17.5 Å². The summed E-state index contributed by atoms with van der Waals surface area (Å²) in [6.45, 7) is 2.86. The van der Waals surface area contributed by atoms with Crippen molar-refractivity contribution in [3.05, 3.63) is 22.7 Å². The summed E-state index contributed by atoms with van der Waals surface area (Å²) in [5.74, 6) is 1.37. The van der Waals surface area contributed by atoms with Gasteiger partial charge in [-0.3, -0.25) is 4.79 Å². The monoisotopic (exact) mass is 339 g/mol. The molecule has 7 heteroatoms. The van der Waals surface area contributed by atoms with E-state index in [-0.39, 0.29) is 19.0 Å². The SMILES string of the molecule is O=C(c1cc(Cl)c2c(c1)OCO2)N1CCC(C2OCCO2)CC1. The van der Waals surface area contributed by atoms with Crippen molar-refractivity contribution in [2.75, 3.05) is 33.1 Å². The lowest BCUT2D eigenvalue weighted by Crippen LogP contribution is -2.41. The minimum Gasteiger partial charge on any atom is -0.454 e. The summed E-state index contributed by atoms with van der Waals surface area (Å²) in [5, 5.41) is 0.408. The summed E-state index contributed by atoms with van der Waals surface area (Å²) in [4.78, 5) is 14.5. The molecule has 2 fully saturated rings. The van der Waals surface area contributed by atoms with E-state index in [1.807, 2.05) is 4.90 Å². The van der Waals surface area contributed by atoms with Crippen molar-refractivity contribution in [1.82, 2.24) is 4.90 Å². The highest BCUT2D eigenvalue weighted by atomic mass is 35.5. The smallest absolute Gasteiger partial charge is 0.254 e. The van der Waals surface area contributed by atoms with E-state index >= 15 is 0 Å². The molecule has 0 aromatic heterocycles. The Morgan fingerprint density at radius 1 is 1.13 bits per heavy atom. The molecular weight excluding hydrogens is 322 g/mol. The van der Waals surface area contributed by atoms with Crippen molar-refractivity contribution in [3.8, 4) is 11.5 Å². The molecule has 4 rings (SSSR count). The summed E-state index contributed by atoms with van der Waals surface area (Å²) in [5.41, 5.74) is 0.533. The largest absolute Gasteiger partial charge is 0.454 e. The number of halogens is 1. The van der Waals surface area contributed by atoms with Gasteiger partial charge >= 0.3 is 0 Å². The number of amides is 1. The number of ether oxygens (including phenoxy) is 4. The van der Waals surface area contributed by atoms with Crippen LogP contribution in [0.1, 0.15) is 23.2 Å². The van der Waals surface area contributed by atoms with Gasteiger partial charge in [-0.15, -0.1) is 0 Å². The van der Waals surface area contributed by atoms with E-state index in [2.05, 4.69) is 0 Å². The standard InChI is InChI=1S/C16H18ClNO5/c17-12-7-11(8-13-14(12)23-9-22-13)15(19)18-3-1-10(2-4-18)16-20-5-6-21-16/h7-8,10,16H,1-6,9H2. The first-order valence-electron chi connectivity index (χ1n) is 7.84. The van der Waals surface area contributed by atoms with E-state index in [1.54, 1.807) is 12.1 Å². The Hall–Kier alpha value is -1.50. The zero-order valence-corrected chi connectivity index (χ0v) is 13.4. The van der Waals surface area contributed by atoms with Crippen molar-refractivity contribution < 1.29 is 23.7 Å². The Morgan fingerprint density at radius 3 is 2.61 bits per heavy atom. The molecule has 23 heavy (non-hydrogen) atoms. The van der Waals surface area contributed by atoms with Crippen molar-refractivity contribution in [2.24, 2.45) is 5.92 Å². The van der Waals surface area contributed by atoms with Gasteiger partial charge in [0.1, 0.15) is 0 Å². The number of benzene rings is 1. The summed E-state index contributed by atoms with van der Waals surface area (Å²) >= 11 is 6.16. The first-order chi connectivity index (χ1) is 11.2. The molecule has 0 atom stereocenters. The van der Waals surface area contributed by atoms with Crippen LogP contribution in [0.2, 0.25) is 5.02 Å². The van der Waals surface area contributed by atoms with E-state index in [9.17, 15) is 4.79 Å². The third-order valence-electron chi connectivity index (χ3n) is 4.53. The third-order valence-corrected chi connectivity index (χ3v) is 4.81. The molecule has 0 bridgehead atoms. The van der Waals surface area contributed by atoms with E-state index in [0.717, 1.165) is 12.8 Å². The van der Waals surface area contributed by atoms with E-state index in [4.69, 9.17) is 30.5 Å². The molecule has 0 saturated carbocycles. The molecule has 3 aliphatic heterocycles. The van der Waals surface area contributed by atoms with Gasteiger partial charge < -0.3 is 23.8 Å². The Kier molecular flexibility index (Phi) is 4.05. The lowest BCUT2D eigenvalue weighted by Gasteiger charge is -2.34. The van der Waals surface area contributed by atoms with Gasteiger partial charge in [-0.1, -0.05) is 11.6 Å². The summed E-state index contributed by atoms with van der Waals surface area (Å²) in [7, 11) is 0. The van der Waals surface area contributed by atoms with Gasteiger partial charge in [0.2, 0.25) is 6.79 Å². The predicted molar refractivity (Wildman–Crippen MR) is 81.9 cm³/mol. The van der Waals surface area contributed by atoms with Crippen LogP contribution in [-0.4, -0.2) is 50.2 Å². The average molecular weight is 340 g/mol. The second kappa shape index (κ2) is 6.19. The number of hydrogen-bond acceptors (Lipinski definition) is 5. The predicted octanol–water partition coefficient (Wildman–Crippen LogP) is 2.29. The second-order valence-corrected chi connectivity index (χ2v) is 6.34. The topological polar surface area (TPSA) is 57.2 Å². The van der Waals surface area contributed by atoms with Crippen LogP contribution in [-0.2, 0) is 9.47 Å². The van der Waals surface area contributed by atoms with Gasteiger partial charge in [0, 0.05) is 24.6 Å². The van der Waals surface area contributed by atoms with Crippen molar-refractivity contribution in [2.45, 2.75) is 19.1 Å². The molecule has 1 aromatic carbocycles. The number of nitrogens with zero attached hydrogens (tertiary/aromatic N) is 1. The Balaban J connectivity index is 1.43. The van der Waals surface area contributed by atoms with Gasteiger partial charge in [0.15, 0.2) is 17.8 Å². The van der Waals surface area contributed by atoms with Crippen LogP contribution in [0.25, 0.3) is 0 Å².